The van der Waals surface area contributed by atoms with E-state index >= 15 is 0 Å². The molecule has 21 heavy (non-hydrogen) atoms. The van der Waals surface area contributed by atoms with Crippen LogP contribution >= 0.6 is 0 Å². The molecule has 3 unspecified atom stereocenters. The summed E-state index contributed by atoms with van der Waals surface area (Å²) in [6.07, 6.45) is 5.07. The molecule has 0 amide bonds. The highest BCUT2D eigenvalue weighted by Crippen LogP contribution is 2.26. The summed E-state index contributed by atoms with van der Waals surface area (Å²) < 4.78 is 0. The molecule has 3 rings (SSSR count). The summed E-state index contributed by atoms with van der Waals surface area (Å²) in [6.45, 7) is 6.91. The number of rotatable bonds is 5. The number of fused-ring (bicyclic) bond motifs is 1. The fourth-order valence-corrected chi connectivity index (χ4v) is 4.12. The van der Waals surface area contributed by atoms with Gasteiger partial charge in [0.25, 0.3) is 0 Å². The molecule has 116 valence electrons. The zero-order valence-corrected chi connectivity index (χ0v) is 13.2. The van der Waals surface area contributed by atoms with Crippen molar-refractivity contribution in [3.63, 3.8) is 0 Å². The van der Waals surface area contributed by atoms with Crippen LogP contribution < -0.4 is 5.73 Å². The first-order valence-corrected chi connectivity index (χ1v) is 8.51. The smallest absolute Gasteiger partial charge is 0.0225 e. The second-order valence-corrected chi connectivity index (χ2v) is 6.75. The maximum atomic E-state index is 6.11. The standard InChI is InChI=1S/C18H29N3/c1-15-13-20-11-5-8-18(20)14-21(15)17(12-19)10-9-16-6-3-2-4-7-16/h2-4,6-7,15,17-18H,5,8-14,19H2,1H3. The molecule has 2 aliphatic rings. The van der Waals surface area contributed by atoms with Crippen LogP contribution in [0.3, 0.4) is 0 Å². The largest absolute Gasteiger partial charge is 0.329 e. The van der Waals surface area contributed by atoms with Gasteiger partial charge in [-0.1, -0.05) is 30.3 Å². The molecule has 0 aromatic heterocycles. The molecule has 3 atom stereocenters. The highest BCUT2D eigenvalue weighted by molar-refractivity contribution is 5.15. The molecule has 3 heteroatoms. The Hall–Kier alpha value is -0.900. The van der Waals surface area contributed by atoms with E-state index in [1.807, 2.05) is 0 Å². The first-order valence-electron chi connectivity index (χ1n) is 8.51. The third-order valence-electron chi connectivity index (χ3n) is 5.34. The average molecular weight is 287 g/mol. The molecule has 2 fully saturated rings. The maximum absolute atomic E-state index is 6.11. The number of nitrogens with two attached hydrogens (primary N) is 1. The van der Waals surface area contributed by atoms with Gasteiger partial charge >= 0.3 is 0 Å². The van der Waals surface area contributed by atoms with Crippen LogP contribution in [-0.2, 0) is 6.42 Å². The summed E-state index contributed by atoms with van der Waals surface area (Å²) >= 11 is 0. The highest BCUT2D eigenvalue weighted by Gasteiger charge is 2.36. The molecule has 3 nitrogen and oxygen atoms in total. The summed E-state index contributed by atoms with van der Waals surface area (Å²) in [5.41, 5.74) is 7.55. The van der Waals surface area contributed by atoms with Crippen molar-refractivity contribution in [2.75, 3.05) is 26.2 Å². The predicted octanol–water partition coefficient (Wildman–Crippen LogP) is 2.11. The van der Waals surface area contributed by atoms with Gasteiger partial charge in [0.15, 0.2) is 0 Å². The molecular weight excluding hydrogens is 258 g/mol. The normalized spacial score (nSPS) is 28.5. The molecule has 0 spiro atoms. The fraction of sp³-hybridized carbons (Fsp3) is 0.667. The Morgan fingerprint density at radius 2 is 2.05 bits per heavy atom. The Kier molecular flexibility index (Phi) is 4.94. The minimum atomic E-state index is 0.531. The van der Waals surface area contributed by atoms with Gasteiger partial charge < -0.3 is 5.73 Å². The van der Waals surface area contributed by atoms with E-state index in [1.165, 1.54) is 44.5 Å². The molecule has 2 aliphatic heterocycles. The van der Waals surface area contributed by atoms with Gasteiger partial charge in [0.2, 0.25) is 0 Å². The molecule has 0 bridgehead atoms. The number of aryl methyl sites for hydroxylation is 1. The lowest BCUT2D eigenvalue weighted by atomic mass is 9.99. The van der Waals surface area contributed by atoms with Gasteiger partial charge in [-0.2, -0.15) is 0 Å². The highest BCUT2D eigenvalue weighted by atomic mass is 15.3. The van der Waals surface area contributed by atoms with Crippen molar-refractivity contribution in [3.8, 4) is 0 Å². The summed E-state index contributed by atoms with van der Waals surface area (Å²) in [4.78, 5) is 5.38. The summed E-state index contributed by atoms with van der Waals surface area (Å²) in [6, 6.07) is 12.8. The molecule has 2 N–H and O–H groups in total. The topological polar surface area (TPSA) is 32.5 Å². The number of benzene rings is 1. The van der Waals surface area contributed by atoms with E-state index in [-0.39, 0.29) is 0 Å². The second kappa shape index (κ2) is 6.91. The molecule has 1 aromatic rings. The molecule has 2 heterocycles. The Morgan fingerprint density at radius 3 is 2.81 bits per heavy atom. The van der Waals surface area contributed by atoms with E-state index in [0.717, 1.165) is 19.0 Å². The number of hydrogen-bond acceptors (Lipinski definition) is 3. The predicted molar refractivity (Wildman–Crippen MR) is 88.4 cm³/mol. The van der Waals surface area contributed by atoms with E-state index in [1.54, 1.807) is 0 Å². The fourth-order valence-electron chi connectivity index (χ4n) is 4.12. The van der Waals surface area contributed by atoms with Crippen molar-refractivity contribution in [2.24, 2.45) is 5.73 Å². The minimum Gasteiger partial charge on any atom is -0.329 e. The van der Waals surface area contributed by atoms with Crippen molar-refractivity contribution in [3.05, 3.63) is 35.9 Å². The van der Waals surface area contributed by atoms with Gasteiger partial charge in [-0.25, -0.2) is 0 Å². The minimum absolute atomic E-state index is 0.531. The number of hydrogen-bond donors (Lipinski definition) is 1. The van der Waals surface area contributed by atoms with Crippen molar-refractivity contribution >= 4 is 0 Å². The van der Waals surface area contributed by atoms with Gasteiger partial charge in [0, 0.05) is 37.8 Å². The summed E-state index contributed by atoms with van der Waals surface area (Å²) in [5, 5.41) is 0. The SMILES string of the molecule is CC1CN2CCCC2CN1C(CN)CCc1ccccc1. The molecule has 0 radical (unpaired) electrons. The number of nitrogens with zero attached hydrogens (tertiary/aromatic N) is 2. The van der Waals surface area contributed by atoms with Crippen molar-refractivity contribution in [1.82, 2.24) is 9.80 Å². The van der Waals surface area contributed by atoms with Crippen LogP contribution in [0.5, 0.6) is 0 Å². The van der Waals surface area contributed by atoms with Gasteiger partial charge in [-0.15, -0.1) is 0 Å². The second-order valence-electron chi connectivity index (χ2n) is 6.75. The van der Waals surface area contributed by atoms with Gasteiger partial charge in [0.05, 0.1) is 0 Å². The Balaban J connectivity index is 1.59. The van der Waals surface area contributed by atoms with E-state index in [0.29, 0.717) is 12.1 Å². The van der Waals surface area contributed by atoms with Crippen LogP contribution in [0.1, 0.15) is 31.7 Å². The first-order chi connectivity index (χ1) is 10.3. The Bertz CT molecular complexity index is 433. The van der Waals surface area contributed by atoms with Crippen LogP contribution in [0.25, 0.3) is 0 Å². The Labute approximate surface area is 129 Å². The first kappa shape index (κ1) is 15.0. The summed E-state index contributed by atoms with van der Waals surface area (Å²) in [7, 11) is 0. The monoisotopic (exact) mass is 287 g/mol. The van der Waals surface area contributed by atoms with E-state index in [2.05, 4.69) is 47.1 Å². The third-order valence-corrected chi connectivity index (χ3v) is 5.34. The van der Waals surface area contributed by atoms with Crippen molar-refractivity contribution < 1.29 is 0 Å². The van der Waals surface area contributed by atoms with Crippen LogP contribution in [0.4, 0.5) is 0 Å². The molecular formula is C18H29N3. The lowest BCUT2D eigenvalue weighted by Gasteiger charge is -2.46. The zero-order chi connectivity index (χ0) is 14.7. The lowest BCUT2D eigenvalue weighted by Crippen LogP contribution is -2.59. The number of piperazine rings is 1. The quantitative estimate of drug-likeness (QED) is 0.900. The van der Waals surface area contributed by atoms with Crippen molar-refractivity contribution in [2.45, 2.75) is 50.7 Å². The maximum Gasteiger partial charge on any atom is 0.0225 e. The average Bonchev–Trinajstić information content (AvgIpc) is 2.96. The van der Waals surface area contributed by atoms with Crippen LogP contribution in [-0.4, -0.2) is 54.1 Å². The molecule has 2 saturated heterocycles. The van der Waals surface area contributed by atoms with Crippen LogP contribution in [0.15, 0.2) is 30.3 Å². The lowest BCUT2D eigenvalue weighted by molar-refractivity contribution is 0.0278. The van der Waals surface area contributed by atoms with Gasteiger partial charge in [-0.05, 0) is 44.7 Å². The van der Waals surface area contributed by atoms with Crippen LogP contribution in [0, 0.1) is 0 Å². The van der Waals surface area contributed by atoms with E-state index in [9.17, 15) is 0 Å². The van der Waals surface area contributed by atoms with Gasteiger partial charge in [0.1, 0.15) is 0 Å². The summed E-state index contributed by atoms with van der Waals surface area (Å²) in [5.74, 6) is 0. The molecule has 1 aromatic carbocycles. The van der Waals surface area contributed by atoms with E-state index in [4.69, 9.17) is 5.73 Å². The Morgan fingerprint density at radius 1 is 1.24 bits per heavy atom. The molecule has 0 saturated carbocycles. The van der Waals surface area contributed by atoms with E-state index < -0.39 is 0 Å². The zero-order valence-electron chi connectivity index (χ0n) is 13.2. The third kappa shape index (κ3) is 3.47. The molecule has 0 aliphatic carbocycles. The van der Waals surface area contributed by atoms with Crippen molar-refractivity contribution in [1.29, 1.82) is 0 Å². The van der Waals surface area contributed by atoms with Gasteiger partial charge in [-0.3, -0.25) is 9.80 Å². The van der Waals surface area contributed by atoms with Crippen LogP contribution in [0.2, 0.25) is 0 Å².